The van der Waals surface area contributed by atoms with Gasteiger partial charge < -0.3 is 35.4 Å². The normalized spacial score (nSPS) is 12.9. The van der Waals surface area contributed by atoms with Gasteiger partial charge in [0.1, 0.15) is 0 Å². The van der Waals surface area contributed by atoms with Gasteiger partial charge in [-0.3, -0.25) is 0 Å². The maximum atomic E-state index is 6.02. The zero-order chi connectivity index (χ0) is 23.1. The van der Waals surface area contributed by atoms with E-state index in [0.29, 0.717) is 0 Å². The Bertz CT molecular complexity index is 722. The minimum atomic E-state index is -2.93. The summed E-state index contributed by atoms with van der Waals surface area (Å²) in [5, 5.41) is 3.58. The summed E-state index contributed by atoms with van der Waals surface area (Å²) in [6, 6.07) is 15.6. The molecule has 0 atom stereocenters. The van der Waals surface area contributed by atoms with Crippen molar-refractivity contribution >= 4 is 46.9 Å². The van der Waals surface area contributed by atoms with Gasteiger partial charge in [-0.15, -0.1) is 0 Å². The van der Waals surface area contributed by atoms with Crippen LogP contribution in [0.3, 0.4) is 0 Å². The highest BCUT2D eigenvalue weighted by Gasteiger charge is 2.45. The largest absolute Gasteiger partial charge is 0.536 e. The van der Waals surface area contributed by atoms with Crippen molar-refractivity contribution in [2.45, 2.75) is 0 Å². The van der Waals surface area contributed by atoms with Gasteiger partial charge in [0.05, 0.1) is 0 Å². The van der Waals surface area contributed by atoms with E-state index in [1.54, 1.807) is 56.9 Å². The van der Waals surface area contributed by atoms with E-state index in [0.717, 1.165) is 20.7 Å². The fourth-order valence-electron chi connectivity index (χ4n) is 3.72. The highest BCUT2D eigenvalue weighted by Crippen LogP contribution is 2.12. The first-order chi connectivity index (χ1) is 14.9. The van der Waals surface area contributed by atoms with Gasteiger partial charge in [0.2, 0.25) is 0 Å². The van der Waals surface area contributed by atoms with Gasteiger partial charge in [0.25, 0.3) is 0 Å². The summed E-state index contributed by atoms with van der Waals surface area (Å²) in [6.07, 6.45) is 0. The molecule has 0 saturated carbocycles. The lowest BCUT2D eigenvalue weighted by molar-refractivity contribution is 0.140. The molecular formula is C20H32O8Si3. The summed E-state index contributed by atoms with van der Waals surface area (Å²) < 4.78 is 45.5. The van der Waals surface area contributed by atoms with Crippen molar-refractivity contribution in [3.8, 4) is 0 Å². The molecule has 0 aliphatic rings. The molecule has 0 aliphatic carbocycles. The molecule has 2 rings (SSSR count). The molecule has 0 heterocycles. The van der Waals surface area contributed by atoms with E-state index in [9.17, 15) is 0 Å². The third-order valence-electron chi connectivity index (χ3n) is 5.42. The first-order valence-corrected chi connectivity index (χ1v) is 14.8. The summed E-state index contributed by atoms with van der Waals surface area (Å²) in [4.78, 5) is 0. The first kappa shape index (κ1) is 26.0. The van der Waals surface area contributed by atoms with Crippen molar-refractivity contribution in [3.05, 3.63) is 48.5 Å². The molecule has 0 aliphatic heterocycles. The lowest BCUT2D eigenvalue weighted by Gasteiger charge is -2.30. The third kappa shape index (κ3) is 4.62. The second-order valence-electron chi connectivity index (χ2n) is 6.52. The van der Waals surface area contributed by atoms with Crippen LogP contribution in [0.4, 0.5) is 0 Å². The van der Waals surface area contributed by atoms with Crippen LogP contribution >= 0.6 is 0 Å². The SMILES string of the molecule is CO[Si](OC)(OC)c1ccc([Si](OC)(OC)c2ccc([Si](OC)(OC)OC)cc2)cc1. The molecule has 2 aromatic carbocycles. The lowest BCUT2D eigenvalue weighted by Crippen LogP contribution is -2.63. The molecule has 31 heavy (non-hydrogen) atoms. The Labute approximate surface area is 187 Å². The topological polar surface area (TPSA) is 73.8 Å². The molecule has 2 aromatic rings. The first-order valence-electron chi connectivity index (χ1n) is 9.54. The van der Waals surface area contributed by atoms with Gasteiger partial charge in [0.15, 0.2) is 0 Å². The van der Waals surface area contributed by atoms with E-state index in [-0.39, 0.29) is 0 Å². The van der Waals surface area contributed by atoms with Crippen molar-refractivity contribution < 1.29 is 35.4 Å². The van der Waals surface area contributed by atoms with Gasteiger partial charge in [-0.1, -0.05) is 48.5 Å². The van der Waals surface area contributed by atoms with E-state index in [1.165, 1.54) is 0 Å². The second kappa shape index (κ2) is 11.1. The number of rotatable bonds is 12. The number of hydrogen-bond acceptors (Lipinski definition) is 8. The minimum absolute atomic E-state index is 0.852. The van der Waals surface area contributed by atoms with Crippen LogP contribution in [0, 0.1) is 0 Å². The Kier molecular flexibility index (Phi) is 9.29. The fourth-order valence-corrected chi connectivity index (χ4v) is 9.93. The average Bonchev–Trinajstić information content (AvgIpc) is 2.85. The van der Waals surface area contributed by atoms with Crippen molar-refractivity contribution in [2.75, 3.05) is 56.9 Å². The van der Waals surface area contributed by atoms with Crippen molar-refractivity contribution in [1.29, 1.82) is 0 Å². The minimum Gasteiger partial charge on any atom is -0.391 e. The molecule has 0 saturated heterocycles. The fraction of sp³-hybridized carbons (Fsp3) is 0.400. The van der Waals surface area contributed by atoms with Crippen molar-refractivity contribution in [1.82, 2.24) is 0 Å². The molecule has 0 fully saturated rings. The van der Waals surface area contributed by atoms with Gasteiger partial charge in [0, 0.05) is 67.3 Å². The maximum absolute atomic E-state index is 6.02. The Hall–Kier alpha value is -1.23. The Morgan fingerprint density at radius 1 is 0.355 bits per heavy atom. The Balaban J connectivity index is 2.49. The molecule has 0 amide bonds. The predicted molar refractivity (Wildman–Crippen MR) is 125 cm³/mol. The molecule has 8 nitrogen and oxygen atoms in total. The molecule has 172 valence electrons. The van der Waals surface area contributed by atoms with Gasteiger partial charge >= 0.3 is 26.2 Å². The molecule has 0 radical (unpaired) electrons. The zero-order valence-electron chi connectivity index (χ0n) is 19.4. The predicted octanol–water partition coefficient (Wildman–Crippen LogP) is -0.294. The molecule has 0 bridgehead atoms. The van der Waals surface area contributed by atoms with Gasteiger partial charge in [-0.05, 0) is 10.4 Å². The summed E-state index contributed by atoms with van der Waals surface area (Å²) in [5.41, 5.74) is 0. The highest BCUT2D eigenvalue weighted by atomic mass is 28.4. The third-order valence-corrected chi connectivity index (χ3v) is 14.1. The monoisotopic (exact) mass is 484 g/mol. The molecule has 0 aromatic heterocycles. The quantitative estimate of drug-likeness (QED) is 0.381. The summed E-state index contributed by atoms with van der Waals surface area (Å²) >= 11 is 0. The highest BCUT2D eigenvalue weighted by molar-refractivity contribution is 6.92. The van der Waals surface area contributed by atoms with Crippen LogP contribution in [0.1, 0.15) is 0 Å². The summed E-state index contributed by atoms with van der Waals surface area (Å²) in [6.45, 7) is 0. The van der Waals surface area contributed by atoms with Gasteiger partial charge in [-0.2, -0.15) is 0 Å². The zero-order valence-corrected chi connectivity index (χ0v) is 22.4. The van der Waals surface area contributed by atoms with Gasteiger partial charge in [-0.25, -0.2) is 0 Å². The molecular weight excluding hydrogens is 452 g/mol. The van der Waals surface area contributed by atoms with Crippen LogP contribution < -0.4 is 20.7 Å². The smallest absolute Gasteiger partial charge is 0.391 e. The van der Waals surface area contributed by atoms with E-state index in [1.807, 2.05) is 48.5 Å². The van der Waals surface area contributed by atoms with Crippen LogP contribution in [0.15, 0.2) is 48.5 Å². The van der Waals surface area contributed by atoms with Crippen LogP contribution in [0.2, 0.25) is 0 Å². The average molecular weight is 485 g/mol. The van der Waals surface area contributed by atoms with Crippen LogP contribution in [-0.4, -0.2) is 83.0 Å². The summed E-state index contributed by atoms with van der Waals surface area (Å²) in [5.74, 6) is 0. The molecule has 11 heteroatoms. The Morgan fingerprint density at radius 3 is 0.774 bits per heavy atom. The van der Waals surface area contributed by atoms with Crippen LogP contribution in [-0.2, 0) is 35.4 Å². The van der Waals surface area contributed by atoms with Crippen LogP contribution in [0.25, 0.3) is 0 Å². The van der Waals surface area contributed by atoms with E-state index < -0.39 is 26.2 Å². The molecule has 0 unspecified atom stereocenters. The Morgan fingerprint density at radius 2 is 0.581 bits per heavy atom. The van der Waals surface area contributed by atoms with E-state index in [2.05, 4.69) is 0 Å². The second-order valence-corrected chi connectivity index (χ2v) is 15.5. The summed E-state index contributed by atoms with van der Waals surface area (Å²) in [7, 11) is 4.06. The standard InChI is InChI=1S/C20H32O8Si3/c1-21-29(22-2,17-9-13-19(14-10-17)30(23-3,24-4)25-5)18-11-15-20(16-12-18)31(26-6,27-7)28-8/h9-16H,1-8H3. The molecule has 0 spiro atoms. The number of hydrogen-bond donors (Lipinski definition) is 0. The lowest BCUT2D eigenvalue weighted by atomic mass is 10.3. The number of benzene rings is 2. The van der Waals surface area contributed by atoms with Crippen LogP contribution in [0.5, 0.6) is 0 Å². The van der Waals surface area contributed by atoms with Crippen molar-refractivity contribution in [2.24, 2.45) is 0 Å². The van der Waals surface area contributed by atoms with E-state index in [4.69, 9.17) is 35.4 Å². The molecule has 0 N–H and O–H groups in total. The maximum Gasteiger partial charge on any atom is 0.536 e. The van der Waals surface area contributed by atoms with Crippen molar-refractivity contribution in [3.63, 3.8) is 0 Å². The van der Waals surface area contributed by atoms with E-state index >= 15 is 0 Å².